The molecular formula is C10H22N2O2. The Morgan fingerprint density at radius 3 is 3.14 bits per heavy atom. The summed E-state index contributed by atoms with van der Waals surface area (Å²) in [6.07, 6.45) is 1.19. The zero-order chi connectivity index (χ0) is 10.2. The van der Waals surface area contributed by atoms with Gasteiger partial charge in [0.15, 0.2) is 0 Å². The highest BCUT2D eigenvalue weighted by Crippen LogP contribution is 2.05. The molecule has 1 saturated heterocycles. The van der Waals surface area contributed by atoms with Crippen LogP contribution in [0.5, 0.6) is 0 Å². The van der Waals surface area contributed by atoms with E-state index >= 15 is 0 Å². The second-order valence-corrected chi connectivity index (χ2v) is 3.60. The number of ether oxygens (including phenoxy) is 2. The van der Waals surface area contributed by atoms with Gasteiger partial charge < -0.3 is 15.2 Å². The van der Waals surface area contributed by atoms with E-state index in [0.717, 1.165) is 39.3 Å². The van der Waals surface area contributed by atoms with Crippen molar-refractivity contribution in [2.75, 3.05) is 46.0 Å². The van der Waals surface area contributed by atoms with Crippen LogP contribution in [0, 0.1) is 0 Å². The minimum atomic E-state index is 0.251. The van der Waals surface area contributed by atoms with Gasteiger partial charge in [-0.05, 0) is 19.5 Å². The zero-order valence-corrected chi connectivity index (χ0v) is 9.08. The van der Waals surface area contributed by atoms with Crippen LogP contribution >= 0.6 is 0 Å². The standard InChI is InChI=1S/C10H22N2O2/c1-2-12-5-7-14-10(8-12)9-13-6-3-4-11/h10H,2-9,11H2,1H3. The van der Waals surface area contributed by atoms with Crippen LogP contribution < -0.4 is 5.73 Å². The molecule has 2 N–H and O–H groups in total. The van der Waals surface area contributed by atoms with Gasteiger partial charge in [0.2, 0.25) is 0 Å². The number of likely N-dealkylation sites (N-methyl/N-ethyl adjacent to an activating group) is 1. The van der Waals surface area contributed by atoms with Crippen molar-refractivity contribution in [3.63, 3.8) is 0 Å². The maximum absolute atomic E-state index is 5.59. The Morgan fingerprint density at radius 1 is 1.57 bits per heavy atom. The van der Waals surface area contributed by atoms with Crippen LogP contribution in [0.15, 0.2) is 0 Å². The second-order valence-electron chi connectivity index (χ2n) is 3.60. The fraction of sp³-hybridized carbons (Fsp3) is 1.00. The van der Waals surface area contributed by atoms with Crippen LogP contribution in [0.4, 0.5) is 0 Å². The van der Waals surface area contributed by atoms with Crippen molar-refractivity contribution in [3.8, 4) is 0 Å². The summed E-state index contributed by atoms with van der Waals surface area (Å²) in [5, 5.41) is 0. The molecule has 14 heavy (non-hydrogen) atoms. The Balaban J connectivity index is 2.05. The molecule has 0 aliphatic carbocycles. The van der Waals surface area contributed by atoms with Gasteiger partial charge in [0, 0.05) is 19.7 Å². The summed E-state index contributed by atoms with van der Waals surface area (Å²) in [5.74, 6) is 0. The molecule has 84 valence electrons. The molecule has 0 amide bonds. The Hall–Kier alpha value is -0.160. The van der Waals surface area contributed by atoms with Crippen molar-refractivity contribution >= 4 is 0 Å². The van der Waals surface area contributed by atoms with Gasteiger partial charge in [-0.15, -0.1) is 0 Å². The molecule has 1 fully saturated rings. The molecule has 0 aromatic carbocycles. The lowest BCUT2D eigenvalue weighted by Gasteiger charge is -2.31. The van der Waals surface area contributed by atoms with E-state index in [-0.39, 0.29) is 6.10 Å². The molecule has 1 atom stereocenters. The monoisotopic (exact) mass is 202 g/mol. The number of hydrogen-bond donors (Lipinski definition) is 1. The Kier molecular flexibility index (Phi) is 6.10. The molecule has 0 radical (unpaired) electrons. The van der Waals surface area contributed by atoms with Crippen LogP contribution in [0.2, 0.25) is 0 Å². The van der Waals surface area contributed by atoms with E-state index in [1.807, 2.05) is 0 Å². The molecule has 0 aromatic heterocycles. The minimum absolute atomic E-state index is 0.251. The van der Waals surface area contributed by atoms with Gasteiger partial charge in [-0.3, -0.25) is 4.90 Å². The molecule has 1 heterocycles. The topological polar surface area (TPSA) is 47.7 Å². The molecule has 0 aromatic rings. The first-order valence-electron chi connectivity index (χ1n) is 5.48. The normalized spacial score (nSPS) is 24.0. The lowest BCUT2D eigenvalue weighted by Crippen LogP contribution is -2.44. The van der Waals surface area contributed by atoms with Gasteiger partial charge in [-0.2, -0.15) is 0 Å². The molecule has 4 nitrogen and oxygen atoms in total. The molecule has 0 saturated carbocycles. The van der Waals surface area contributed by atoms with Gasteiger partial charge in [0.25, 0.3) is 0 Å². The van der Waals surface area contributed by atoms with Crippen LogP contribution in [-0.2, 0) is 9.47 Å². The average Bonchev–Trinajstić information content (AvgIpc) is 2.25. The van der Waals surface area contributed by atoms with Gasteiger partial charge in [0.1, 0.15) is 0 Å². The van der Waals surface area contributed by atoms with E-state index in [4.69, 9.17) is 15.2 Å². The summed E-state index contributed by atoms with van der Waals surface area (Å²) in [6, 6.07) is 0. The first-order valence-corrected chi connectivity index (χ1v) is 5.48. The molecule has 0 bridgehead atoms. The summed E-state index contributed by atoms with van der Waals surface area (Å²) < 4.78 is 11.1. The van der Waals surface area contributed by atoms with Crippen LogP contribution in [0.25, 0.3) is 0 Å². The summed E-state index contributed by atoms with van der Waals surface area (Å²) in [5.41, 5.74) is 5.37. The SMILES string of the molecule is CCN1CCOC(COCCCN)C1. The van der Waals surface area contributed by atoms with E-state index in [1.54, 1.807) is 0 Å². The first-order chi connectivity index (χ1) is 6.86. The predicted molar refractivity (Wildman–Crippen MR) is 56.3 cm³/mol. The van der Waals surface area contributed by atoms with Crippen molar-refractivity contribution in [2.24, 2.45) is 5.73 Å². The van der Waals surface area contributed by atoms with E-state index in [1.165, 1.54) is 0 Å². The van der Waals surface area contributed by atoms with Gasteiger partial charge in [-0.25, -0.2) is 0 Å². The van der Waals surface area contributed by atoms with Gasteiger partial charge in [0.05, 0.1) is 19.3 Å². The molecule has 4 heteroatoms. The Bertz CT molecular complexity index is 144. The molecular weight excluding hydrogens is 180 g/mol. The fourth-order valence-electron chi connectivity index (χ4n) is 1.57. The van der Waals surface area contributed by atoms with Crippen LogP contribution in [-0.4, -0.2) is 57.0 Å². The number of nitrogens with two attached hydrogens (primary N) is 1. The predicted octanol–water partition coefficient (Wildman–Crippen LogP) is 0.0725. The van der Waals surface area contributed by atoms with Crippen molar-refractivity contribution in [3.05, 3.63) is 0 Å². The van der Waals surface area contributed by atoms with E-state index in [9.17, 15) is 0 Å². The van der Waals surface area contributed by atoms with Crippen LogP contribution in [0.1, 0.15) is 13.3 Å². The highest BCUT2D eigenvalue weighted by atomic mass is 16.5. The van der Waals surface area contributed by atoms with Crippen molar-refractivity contribution in [1.29, 1.82) is 0 Å². The van der Waals surface area contributed by atoms with E-state index < -0.39 is 0 Å². The van der Waals surface area contributed by atoms with Crippen molar-refractivity contribution in [2.45, 2.75) is 19.4 Å². The highest BCUT2D eigenvalue weighted by molar-refractivity contribution is 4.69. The summed E-state index contributed by atoms with van der Waals surface area (Å²) in [6.45, 7) is 8.32. The van der Waals surface area contributed by atoms with Gasteiger partial charge in [-0.1, -0.05) is 6.92 Å². The van der Waals surface area contributed by atoms with Crippen LogP contribution in [0.3, 0.4) is 0 Å². The molecule has 0 spiro atoms. The number of morpholine rings is 1. The lowest BCUT2D eigenvalue weighted by molar-refractivity contribution is -0.0678. The van der Waals surface area contributed by atoms with Crippen molar-refractivity contribution < 1.29 is 9.47 Å². The number of rotatable bonds is 6. The third-order valence-electron chi connectivity index (χ3n) is 2.47. The Labute approximate surface area is 86.3 Å². The van der Waals surface area contributed by atoms with Gasteiger partial charge >= 0.3 is 0 Å². The third-order valence-corrected chi connectivity index (χ3v) is 2.47. The molecule has 1 rings (SSSR count). The number of hydrogen-bond acceptors (Lipinski definition) is 4. The van der Waals surface area contributed by atoms with E-state index in [0.29, 0.717) is 13.2 Å². The maximum Gasteiger partial charge on any atom is 0.0935 e. The molecule has 1 aliphatic rings. The fourth-order valence-corrected chi connectivity index (χ4v) is 1.57. The molecule has 1 aliphatic heterocycles. The highest BCUT2D eigenvalue weighted by Gasteiger charge is 2.18. The third kappa shape index (κ3) is 4.37. The quantitative estimate of drug-likeness (QED) is 0.619. The lowest BCUT2D eigenvalue weighted by atomic mass is 10.3. The molecule has 1 unspecified atom stereocenters. The Morgan fingerprint density at radius 2 is 2.43 bits per heavy atom. The van der Waals surface area contributed by atoms with E-state index in [2.05, 4.69) is 11.8 Å². The zero-order valence-electron chi connectivity index (χ0n) is 9.08. The van der Waals surface area contributed by atoms with Crippen molar-refractivity contribution in [1.82, 2.24) is 4.90 Å². The summed E-state index contributed by atoms with van der Waals surface area (Å²) >= 11 is 0. The smallest absolute Gasteiger partial charge is 0.0935 e. The average molecular weight is 202 g/mol. The summed E-state index contributed by atoms with van der Waals surface area (Å²) in [7, 11) is 0. The second kappa shape index (κ2) is 7.17. The first kappa shape index (κ1) is 11.9. The summed E-state index contributed by atoms with van der Waals surface area (Å²) in [4.78, 5) is 2.39. The number of nitrogens with zero attached hydrogens (tertiary/aromatic N) is 1. The maximum atomic E-state index is 5.59. The minimum Gasteiger partial charge on any atom is -0.379 e. The largest absolute Gasteiger partial charge is 0.379 e.